The van der Waals surface area contributed by atoms with E-state index in [1.54, 1.807) is 0 Å². The van der Waals surface area contributed by atoms with Crippen molar-refractivity contribution in [2.75, 3.05) is 23.7 Å². The number of hydrogen-bond donors (Lipinski definition) is 1. The van der Waals surface area contributed by atoms with E-state index in [0.717, 1.165) is 24.7 Å². The summed E-state index contributed by atoms with van der Waals surface area (Å²) in [5.41, 5.74) is 7.86. The van der Waals surface area contributed by atoms with Crippen LogP contribution in [0.3, 0.4) is 0 Å². The third-order valence-corrected chi connectivity index (χ3v) is 2.59. The summed E-state index contributed by atoms with van der Waals surface area (Å²) >= 11 is 0. The van der Waals surface area contributed by atoms with Gasteiger partial charge in [0.25, 0.3) is 0 Å². The zero-order chi connectivity index (χ0) is 11.3. The summed E-state index contributed by atoms with van der Waals surface area (Å²) in [6.07, 6.45) is 1.22. The fourth-order valence-electron chi connectivity index (χ4n) is 1.61. The average molecular weight is 206 g/mol. The Bertz CT molecular complexity index is 294. The maximum Gasteiger partial charge on any atom is 0.0386 e. The van der Waals surface area contributed by atoms with E-state index in [0.29, 0.717) is 0 Å². The first-order chi connectivity index (χ1) is 7.13. The largest absolute Gasteiger partial charge is 0.399 e. The van der Waals surface area contributed by atoms with Crippen LogP contribution < -0.4 is 10.6 Å². The van der Waals surface area contributed by atoms with Gasteiger partial charge in [-0.3, -0.25) is 0 Å². The summed E-state index contributed by atoms with van der Waals surface area (Å²) < 4.78 is 0. The SMILES string of the molecule is CCN(CCC(C)C)c1cccc(N)c1. The molecule has 1 rings (SSSR count). The fraction of sp³-hybridized carbons (Fsp3) is 0.538. The fourth-order valence-corrected chi connectivity index (χ4v) is 1.61. The van der Waals surface area contributed by atoms with Crippen molar-refractivity contribution in [2.24, 2.45) is 5.92 Å². The van der Waals surface area contributed by atoms with Gasteiger partial charge in [-0.05, 0) is 37.5 Å². The molecule has 0 bridgehead atoms. The van der Waals surface area contributed by atoms with Crippen molar-refractivity contribution in [3.8, 4) is 0 Å². The van der Waals surface area contributed by atoms with Crippen LogP contribution in [-0.2, 0) is 0 Å². The number of anilines is 2. The topological polar surface area (TPSA) is 29.3 Å². The predicted octanol–water partition coefficient (Wildman–Crippen LogP) is 3.14. The second kappa shape index (κ2) is 5.64. The van der Waals surface area contributed by atoms with E-state index in [9.17, 15) is 0 Å². The molecule has 2 heteroatoms. The normalized spacial score (nSPS) is 10.7. The van der Waals surface area contributed by atoms with E-state index < -0.39 is 0 Å². The predicted molar refractivity (Wildman–Crippen MR) is 68.2 cm³/mol. The summed E-state index contributed by atoms with van der Waals surface area (Å²) in [4.78, 5) is 2.37. The Kier molecular flexibility index (Phi) is 4.47. The molecule has 2 nitrogen and oxygen atoms in total. The minimum atomic E-state index is 0.750. The zero-order valence-corrected chi connectivity index (χ0v) is 10.0. The number of rotatable bonds is 5. The second-order valence-electron chi connectivity index (χ2n) is 4.36. The molecule has 0 atom stereocenters. The highest BCUT2D eigenvalue weighted by Gasteiger charge is 2.05. The van der Waals surface area contributed by atoms with Gasteiger partial charge in [0.05, 0.1) is 0 Å². The lowest BCUT2D eigenvalue weighted by Crippen LogP contribution is -2.24. The van der Waals surface area contributed by atoms with E-state index in [1.165, 1.54) is 12.1 Å². The molecular weight excluding hydrogens is 184 g/mol. The summed E-state index contributed by atoms with van der Waals surface area (Å²) in [5, 5.41) is 0. The van der Waals surface area contributed by atoms with Crippen molar-refractivity contribution >= 4 is 11.4 Å². The van der Waals surface area contributed by atoms with Crippen LogP contribution in [0.2, 0.25) is 0 Å². The van der Waals surface area contributed by atoms with E-state index in [4.69, 9.17) is 5.73 Å². The molecule has 0 unspecified atom stereocenters. The Morgan fingerprint density at radius 1 is 1.33 bits per heavy atom. The van der Waals surface area contributed by atoms with Crippen LogP contribution in [-0.4, -0.2) is 13.1 Å². The molecule has 0 heterocycles. The molecular formula is C13H22N2. The molecule has 0 fully saturated rings. The standard InChI is InChI=1S/C13H22N2/c1-4-15(9-8-11(2)3)13-7-5-6-12(14)10-13/h5-7,10-11H,4,8-9,14H2,1-3H3. The summed E-state index contributed by atoms with van der Waals surface area (Å²) in [7, 11) is 0. The quantitative estimate of drug-likeness (QED) is 0.750. The Balaban J connectivity index is 2.65. The second-order valence-corrected chi connectivity index (χ2v) is 4.36. The van der Waals surface area contributed by atoms with Crippen LogP contribution in [0.15, 0.2) is 24.3 Å². The monoisotopic (exact) mass is 206 g/mol. The summed E-state index contributed by atoms with van der Waals surface area (Å²) in [5.74, 6) is 0.750. The molecule has 0 aliphatic carbocycles. The number of benzene rings is 1. The van der Waals surface area contributed by atoms with Gasteiger partial charge in [-0.1, -0.05) is 19.9 Å². The zero-order valence-electron chi connectivity index (χ0n) is 10.0. The van der Waals surface area contributed by atoms with Crippen LogP contribution in [0.25, 0.3) is 0 Å². The maximum atomic E-state index is 5.78. The first-order valence-corrected chi connectivity index (χ1v) is 5.74. The van der Waals surface area contributed by atoms with E-state index in [2.05, 4.69) is 31.7 Å². The molecule has 1 aromatic rings. The molecule has 0 radical (unpaired) electrons. The van der Waals surface area contributed by atoms with Gasteiger partial charge < -0.3 is 10.6 Å². The molecule has 0 amide bonds. The van der Waals surface area contributed by atoms with Gasteiger partial charge in [-0.15, -0.1) is 0 Å². The molecule has 0 aromatic heterocycles. The summed E-state index contributed by atoms with van der Waals surface area (Å²) in [6.45, 7) is 8.84. The van der Waals surface area contributed by atoms with Crippen LogP contribution in [0, 0.1) is 5.92 Å². The van der Waals surface area contributed by atoms with Crippen LogP contribution in [0.1, 0.15) is 27.2 Å². The smallest absolute Gasteiger partial charge is 0.0386 e. The Hall–Kier alpha value is -1.18. The van der Waals surface area contributed by atoms with Crippen molar-refractivity contribution in [3.63, 3.8) is 0 Å². The van der Waals surface area contributed by atoms with Crippen LogP contribution in [0.5, 0.6) is 0 Å². The van der Waals surface area contributed by atoms with Gasteiger partial charge >= 0.3 is 0 Å². The molecule has 0 aliphatic rings. The lowest BCUT2D eigenvalue weighted by molar-refractivity contribution is 0.576. The minimum Gasteiger partial charge on any atom is -0.399 e. The average Bonchev–Trinajstić information content (AvgIpc) is 2.18. The Morgan fingerprint density at radius 3 is 2.60 bits per heavy atom. The number of hydrogen-bond acceptors (Lipinski definition) is 2. The van der Waals surface area contributed by atoms with Gasteiger partial charge in [0, 0.05) is 24.5 Å². The third-order valence-electron chi connectivity index (χ3n) is 2.59. The molecule has 84 valence electrons. The third kappa shape index (κ3) is 3.82. The molecule has 2 N–H and O–H groups in total. The Labute approximate surface area is 93.1 Å². The first kappa shape index (κ1) is 11.9. The molecule has 0 spiro atoms. The first-order valence-electron chi connectivity index (χ1n) is 5.74. The van der Waals surface area contributed by atoms with Gasteiger partial charge in [-0.25, -0.2) is 0 Å². The van der Waals surface area contributed by atoms with Crippen molar-refractivity contribution in [1.82, 2.24) is 0 Å². The van der Waals surface area contributed by atoms with E-state index in [1.807, 2.05) is 18.2 Å². The van der Waals surface area contributed by atoms with E-state index >= 15 is 0 Å². The van der Waals surface area contributed by atoms with Crippen LogP contribution >= 0.6 is 0 Å². The van der Waals surface area contributed by atoms with E-state index in [-0.39, 0.29) is 0 Å². The van der Waals surface area contributed by atoms with Gasteiger partial charge in [0.1, 0.15) is 0 Å². The Morgan fingerprint density at radius 2 is 2.07 bits per heavy atom. The lowest BCUT2D eigenvalue weighted by atomic mass is 10.1. The molecule has 0 aliphatic heterocycles. The highest BCUT2D eigenvalue weighted by Crippen LogP contribution is 2.18. The minimum absolute atomic E-state index is 0.750. The van der Waals surface area contributed by atoms with Crippen molar-refractivity contribution in [3.05, 3.63) is 24.3 Å². The summed E-state index contributed by atoms with van der Waals surface area (Å²) in [6, 6.07) is 8.12. The number of nitrogens with two attached hydrogens (primary N) is 1. The highest BCUT2D eigenvalue weighted by molar-refractivity contribution is 5.55. The molecule has 15 heavy (non-hydrogen) atoms. The van der Waals surface area contributed by atoms with Crippen molar-refractivity contribution < 1.29 is 0 Å². The highest BCUT2D eigenvalue weighted by atomic mass is 15.1. The van der Waals surface area contributed by atoms with Crippen molar-refractivity contribution in [1.29, 1.82) is 0 Å². The van der Waals surface area contributed by atoms with Crippen LogP contribution in [0.4, 0.5) is 11.4 Å². The van der Waals surface area contributed by atoms with Crippen molar-refractivity contribution in [2.45, 2.75) is 27.2 Å². The van der Waals surface area contributed by atoms with Gasteiger partial charge in [0.2, 0.25) is 0 Å². The molecule has 0 saturated carbocycles. The van der Waals surface area contributed by atoms with Gasteiger partial charge in [-0.2, -0.15) is 0 Å². The number of nitrogen functional groups attached to an aromatic ring is 1. The molecule has 1 aromatic carbocycles. The van der Waals surface area contributed by atoms with Gasteiger partial charge in [0.15, 0.2) is 0 Å². The lowest BCUT2D eigenvalue weighted by Gasteiger charge is -2.24. The number of nitrogens with zero attached hydrogens (tertiary/aromatic N) is 1. The molecule has 0 saturated heterocycles. The maximum absolute atomic E-state index is 5.78.